The number of benzene rings is 1. The van der Waals surface area contributed by atoms with Gasteiger partial charge < -0.3 is 25.2 Å². The van der Waals surface area contributed by atoms with E-state index >= 15 is 0 Å². The standard InChI is InChI=1S/C23H31ClN4O3/c1-4-18-21(22(30)31-13-16-5-6-16)28-10-9-27(23(28)26(18)8-7-19(25)29)20-15(3)11-14(2)12-17(20)24/h11-12,16,23H,4-10,13H2,1-3H3,(H2,25,29). The summed E-state index contributed by atoms with van der Waals surface area (Å²) in [7, 11) is 0. The summed E-state index contributed by atoms with van der Waals surface area (Å²) in [4.78, 5) is 31.1. The average Bonchev–Trinajstić information content (AvgIpc) is 3.36. The zero-order valence-electron chi connectivity index (χ0n) is 18.5. The number of hydrogen-bond donors (Lipinski definition) is 1. The molecule has 1 unspecified atom stereocenters. The minimum Gasteiger partial charge on any atom is -0.461 e. The third kappa shape index (κ3) is 4.20. The molecular formula is C23H31ClN4O3. The first-order valence-electron chi connectivity index (χ1n) is 11.1. The highest BCUT2D eigenvalue weighted by molar-refractivity contribution is 6.33. The number of esters is 1. The van der Waals surface area contributed by atoms with Crippen molar-refractivity contribution < 1.29 is 14.3 Å². The van der Waals surface area contributed by atoms with E-state index in [1.54, 1.807) is 0 Å². The molecule has 1 aromatic rings. The molecule has 3 aliphatic rings. The largest absolute Gasteiger partial charge is 0.461 e. The fourth-order valence-corrected chi connectivity index (χ4v) is 5.18. The Balaban J connectivity index is 1.69. The van der Waals surface area contributed by atoms with Gasteiger partial charge in [0.15, 0.2) is 6.29 Å². The van der Waals surface area contributed by atoms with Crippen molar-refractivity contribution in [1.82, 2.24) is 9.80 Å². The van der Waals surface area contributed by atoms with Crippen LogP contribution in [0.1, 0.15) is 43.7 Å². The Bertz CT molecular complexity index is 904. The summed E-state index contributed by atoms with van der Waals surface area (Å²) in [5.74, 6) is -0.133. The van der Waals surface area contributed by atoms with E-state index < -0.39 is 0 Å². The predicted octanol–water partition coefficient (Wildman–Crippen LogP) is 3.13. The number of nitrogens with two attached hydrogens (primary N) is 1. The van der Waals surface area contributed by atoms with Crippen molar-refractivity contribution in [3.05, 3.63) is 39.7 Å². The smallest absolute Gasteiger partial charge is 0.356 e. The predicted molar refractivity (Wildman–Crippen MR) is 120 cm³/mol. The average molecular weight is 447 g/mol. The maximum Gasteiger partial charge on any atom is 0.356 e. The zero-order chi connectivity index (χ0) is 22.3. The highest BCUT2D eigenvalue weighted by atomic mass is 35.5. The van der Waals surface area contributed by atoms with Crippen LogP contribution in [0, 0.1) is 19.8 Å². The van der Waals surface area contributed by atoms with E-state index in [0.717, 1.165) is 41.9 Å². The van der Waals surface area contributed by atoms with Crippen molar-refractivity contribution in [2.45, 2.75) is 52.7 Å². The summed E-state index contributed by atoms with van der Waals surface area (Å²) in [5, 5.41) is 0.692. The van der Waals surface area contributed by atoms with Gasteiger partial charge in [0.2, 0.25) is 5.91 Å². The second kappa shape index (κ2) is 8.61. The number of halogens is 1. The molecule has 4 rings (SSSR count). The first-order valence-corrected chi connectivity index (χ1v) is 11.4. The van der Waals surface area contributed by atoms with E-state index in [0.29, 0.717) is 42.8 Å². The van der Waals surface area contributed by atoms with Crippen molar-refractivity contribution >= 4 is 29.2 Å². The highest BCUT2D eigenvalue weighted by Gasteiger charge is 2.48. The Morgan fingerprint density at radius 1 is 1.19 bits per heavy atom. The lowest BCUT2D eigenvalue weighted by molar-refractivity contribution is -0.141. The third-order valence-electron chi connectivity index (χ3n) is 6.29. The Hall–Kier alpha value is -2.41. The monoisotopic (exact) mass is 446 g/mol. The van der Waals surface area contributed by atoms with E-state index in [2.05, 4.69) is 27.7 Å². The first kappa shape index (κ1) is 21.8. The van der Waals surface area contributed by atoms with Gasteiger partial charge in [0.05, 0.1) is 17.3 Å². The maximum absolute atomic E-state index is 13.1. The van der Waals surface area contributed by atoms with Crippen LogP contribution < -0.4 is 10.6 Å². The molecule has 7 nitrogen and oxygen atoms in total. The van der Waals surface area contributed by atoms with E-state index in [1.807, 2.05) is 19.9 Å². The zero-order valence-corrected chi connectivity index (χ0v) is 19.2. The number of carbonyl (C=O) groups excluding carboxylic acids is 2. The van der Waals surface area contributed by atoms with Crippen LogP contribution in [-0.4, -0.2) is 54.2 Å². The number of rotatable bonds is 8. The van der Waals surface area contributed by atoms with Gasteiger partial charge in [-0.3, -0.25) is 4.79 Å². The van der Waals surface area contributed by atoms with Crippen molar-refractivity contribution in [3.63, 3.8) is 0 Å². The molecule has 2 aliphatic heterocycles. The topological polar surface area (TPSA) is 79.1 Å². The Labute approximate surface area is 188 Å². The van der Waals surface area contributed by atoms with Crippen molar-refractivity contribution in [2.75, 3.05) is 31.1 Å². The van der Waals surface area contributed by atoms with Gasteiger partial charge in [0.25, 0.3) is 0 Å². The number of carbonyl (C=O) groups is 2. The Morgan fingerprint density at radius 2 is 1.90 bits per heavy atom. The van der Waals surface area contributed by atoms with Crippen LogP contribution in [0.2, 0.25) is 5.02 Å². The number of nitrogens with zero attached hydrogens (tertiary/aromatic N) is 3. The lowest BCUT2D eigenvalue weighted by atomic mass is 10.1. The molecular weight excluding hydrogens is 416 g/mol. The number of fused-ring (bicyclic) bond motifs is 1. The molecule has 8 heteroatoms. The molecule has 2 heterocycles. The van der Waals surface area contributed by atoms with Crippen LogP contribution in [0.25, 0.3) is 0 Å². The number of allylic oxidation sites excluding steroid dienone is 1. The molecule has 168 valence electrons. The lowest BCUT2D eigenvalue weighted by Gasteiger charge is -2.37. The lowest BCUT2D eigenvalue weighted by Crippen LogP contribution is -2.48. The van der Waals surface area contributed by atoms with Gasteiger partial charge in [-0.15, -0.1) is 0 Å². The molecule has 0 radical (unpaired) electrons. The Morgan fingerprint density at radius 3 is 2.52 bits per heavy atom. The molecule has 0 bridgehead atoms. The fourth-order valence-electron chi connectivity index (χ4n) is 4.75. The molecule has 0 aromatic heterocycles. The molecule has 0 spiro atoms. The van der Waals surface area contributed by atoms with Gasteiger partial charge >= 0.3 is 5.97 Å². The molecule has 1 saturated heterocycles. The molecule has 31 heavy (non-hydrogen) atoms. The van der Waals surface area contributed by atoms with Crippen LogP contribution in [0.4, 0.5) is 5.69 Å². The number of ether oxygens (including phenoxy) is 1. The van der Waals surface area contributed by atoms with Gasteiger partial charge in [0, 0.05) is 31.8 Å². The van der Waals surface area contributed by atoms with E-state index in [1.165, 1.54) is 0 Å². The minimum atomic E-state index is -0.360. The van der Waals surface area contributed by atoms with Crippen LogP contribution in [0.5, 0.6) is 0 Å². The summed E-state index contributed by atoms with van der Waals surface area (Å²) in [6.07, 6.45) is 2.91. The quantitative estimate of drug-likeness (QED) is 0.618. The van der Waals surface area contributed by atoms with E-state index in [9.17, 15) is 9.59 Å². The summed E-state index contributed by atoms with van der Waals surface area (Å²) in [5.41, 5.74) is 10.1. The molecule has 1 atom stereocenters. The van der Waals surface area contributed by atoms with Gasteiger partial charge in [0.1, 0.15) is 5.70 Å². The van der Waals surface area contributed by atoms with Gasteiger partial charge in [-0.25, -0.2) is 4.79 Å². The SMILES string of the molecule is CCC1=C(C(=O)OCC2CC2)N2CCN(c3c(C)cc(C)cc3Cl)C2N1CCC(N)=O. The summed E-state index contributed by atoms with van der Waals surface area (Å²) in [6, 6.07) is 4.08. The van der Waals surface area contributed by atoms with Crippen molar-refractivity contribution in [3.8, 4) is 0 Å². The molecule has 1 aliphatic carbocycles. The summed E-state index contributed by atoms with van der Waals surface area (Å²) < 4.78 is 5.67. The molecule has 1 saturated carbocycles. The van der Waals surface area contributed by atoms with Crippen LogP contribution in [0.15, 0.2) is 23.5 Å². The molecule has 2 N–H and O–H groups in total. The van der Waals surface area contributed by atoms with E-state index in [-0.39, 0.29) is 24.6 Å². The van der Waals surface area contributed by atoms with Crippen LogP contribution in [-0.2, 0) is 14.3 Å². The van der Waals surface area contributed by atoms with Gasteiger partial charge in [-0.1, -0.05) is 24.6 Å². The second-order valence-electron chi connectivity index (χ2n) is 8.75. The molecule has 1 amide bonds. The van der Waals surface area contributed by atoms with Crippen molar-refractivity contribution in [2.24, 2.45) is 11.7 Å². The van der Waals surface area contributed by atoms with Crippen LogP contribution >= 0.6 is 11.6 Å². The number of anilines is 1. The number of aryl methyl sites for hydroxylation is 2. The van der Waals surface area contributed by atoms with Crippen LogP contribution in [0.3, 0.4) is 0 Å². The third-order valence-corrected chi connectivity index (χ3v) is 6.57. The highest BCUT2D eigenvalue weighted by Crippen LogP contribution is 2.42. The summed E-state index contributed by atoms with van der Waals surface area (Å²) >= 11 is 6.68. The first-order chi connectivity index (χ1) is 14.8. The normalized spacial score (nSPS) is 20.5. The van der Waals surface area contributed by atoms with E-state index in [4.69, 9.17) is 22.1 Å². The minimum absolute atomic E-state index is 0.215. The number of primary amides is 1. The van der Waals surface area contributed by atoms with Crippen molar-refractivity contribution in [1.29, 1.82) is 0 Å². The molecule has 1 aromatic carbocycles. The fraction of sp³-hybridized carbons (Fsp3) is 0.565. The van der Waals surface area contributed by atoms with Gasteiger partial charge in [-0.05, 0) is 56.2 Å². The number of hydrogen-bond acceptors (Lipinski definition) is 6. The number of amides is 1. The second-order valence-corrected chi connectivity index (χ2v) is 9.15. The van der Waals surface area contributed by atoms with Gasteiger partial charge in [-0.2, -0.15) is 0 Å². The summed E-state index contributed by atoms with van der Waals surface area (Å²) in [6.45, 7) is 8.43. The maximum atomic E-state index is 13.1. The Kier molecular flexibility index (Phi) is 6.06. The molecule has 2 fully saturated rings.